The van der Waals surface area contributed by atoms with Gasteiger partial charge in [0.25, 0.3) is 0 Å². The fourth-order valence-corrected chi connectivity index (χ4v) is 6.19. The van der Waals surface area contributed by atoms with Gasteiger partial charge in [-0.3, -0.25) is 4.79 Å². The number of para-hydroxylation sites is 1. The summed E-state index contributed by atoms with van der Waals surface area (Å²) in [5.41, 5.74) is 10.7. The van der Waals surface area contributed by atoms with Crippen molar-refractivity contribution in [1.82, 2.24) is 0 Å². The van der Waals surface area contributed by atoms with Crippen molar-refractivity contribution in [2.75, 3.05) is 10.2 Å². The molecule has 46 heavy (non-hydrogen) atoms. The summed E-state index contributed by atoms with van der Waals surface area (Å²) in [5, 5.41) is 3.10. The zero-order valence-corrected chi connectivity index (χ0v) is 28.1. The molecule has 0 fully saturated rings. The first-order valence-corrected chi connectivity index (χ1v) is 16.7. The molecule has 0 saturated carbocycles. The van der Waals surface area contributed by atoms with Crippen molar-refractivity contribution in [1.29, 1.82) is 0 Å². The number of rotatable bonds is 12. The molecular weight excluding hydrogens is 560 g/mol. The third-order valence-electron chi connectivity index (χ3n) is 8.45. The number of unbranched alkanes of at least 4 members (excludes halogenated alkanes) is 1. The van der Waals surface area contributed by atoms with E-state index in [1.165, 1.54) is 40.7 Å². The van der Waals surface area contributed by atoms with Gasteiger partial charge in [-0.05, 0) is 115 Å². The molecule has 0 aliphatic heterocycles. The average Bonchev–Trinajstić information content (AvgIpc) is 3.04. The Morgan fingerprint density at radius 1 is 0.652 bits per heavy atom. The summed E-state index contributed by atoms with van der Waals surface area (Å²) < 4.78 is 0. The van der Waals surface area contributed by atoms with Crippen molar-refractivity contribution in [3.8, 4) is 11.1 Å². The van der Waals surface area contributed by atoms with Gasteiger partial charge in [0, 0.05) is 28.7 Å². The van der Waals surface area contributed by atoms with Crippen LogP contribution in [0.15, 0.2) is 127 Å². The first kappa shape index (κ1) is 32.8. The molecule has 1 N–H and O–H groups in total. The highest BCUT2D eigenvalue weighted by Gasteiger charge is 2.21. The van der Waals surface area contributed by atoms with E-state index in [9.17, 15) is 4.79 Å². The number of aryl methyl sites for hydroxylation is 3. The van der Waals surface area contributed by atoms with Gasteiger partial charge >= 0.3 is 0 Å². The van der Waals surface area contributed by atoms with Gasteiger partial charge in [0.2, 0.25) is 5.91 Å². The number of amides is 1. The maximum atomic E-state index is 12.8. The van der Waals surface area contributed by atoms with Crippen LogP contribution in [0, 0.1) is 18.3 Å². The largest absolute Gasteiger partial charge is 0.326 e. The van der Waals surface area contributed by atoms with Crippen LogP contribution in [0.5, 0.6) is 0 Å². The van der Waals surface area contributed by atoms with Gasteiger partial charge < -0.3 is 10.2 Å². The van der Waals surface area contributed by atoms with Crippen LogP contribution in [-0.2, 0) is 17.6 Å². The van der Waals surface area contributed by atoms with Gasteiger partial charge in [-0.25, -0.2) is 0 Å². The highest BCUT2D eigenvalue weighted by atomic mass is 16.1. The minimum absolute atomic E-state index is 0.0513. The molecule has 0 bridgehead atoms. The first-order valence-electron chi connectivity index (χ1n) is 16.7. The Morgan fingerprint density at radius 2 is 1.20 bits per heavy atom. The lowest BCUT2D eigenvalue weighted by molar-refractivity contribution is -0.120. The molecule has 0 aliphatic carbocycles. The van der Waals surface area contributed by atoms with E-state index in [1.54, 1.807) is 0 Å². The van der Waals surface area contributed by atoms with Crippen molar-refractivity contribution in [2.45, 2.75) is 66.7 Å². The summed E-state index contributed by atoms with van der Waals surface area (Å²) in [6.45, 7) is 10.7. The molecular formula is C43H48N2O. The van der Waals surface area contributed by atoms with Crippen molar-refractivity contribution in [2.24, 2.45) is 11.3 Å². The summed E-state index contributed by atoms with van der Waals surface area (Å²) >= 11 is 0. The molecule has 1 atom stereocenters. The van der Waals surface area contributed by atoms with Crippen LogP contribution < -0.4 is 10.2 Å². The highest BCUT2D eigenvalue weighted by molar-refractivity contribution is 5.92. The highest BCUT2D eigenvalue weighted by Crippen LogP contribution is 2.36. The Hall–Kier alpha value is -4.63. The van der Waals surface area contributed by atoms with Gasteiger partial charge in [0.15, 0.2) is 0 Å². The van der Waals surface area contributed by atoms with Crippen LogP contribution in [0.3, 0.4) is 0 Å². The number of nitrogens with zero attached hydrogens (tertiary/aromatic N) is 1. The van der Waals surface area contributed by atoms with E-state index in [-0.39, 0.29) is 17.2 Å². The van der Waals surface area contributed by atoms with E-state index in [1.807, 2.05) is 25.1 Å². The molecule has 0 aromatic heterocycles. The summed E-state index contributed by atoms with van der Waals surface area (Å²) in [6.07, 6.45) is 5.49. The van der Waals surface area contributed by atoms with E-state index in [4.69, 9.17) is 0 Å². The molecule has 3 nitrogen and oxygen atoms in total. The third kappa shape index (κ3) is 9.20. The topological polar surface area (TPSA) is 32.3 Å². The van der Waals surface area contributed by atoms with Crippen LogP contribution in [0.1, 0.15) is 63.6 Å². The molecule has 0 spiro atoms. The SMILES string of the molecule is Cc1cccc(CCCCc2ccc(-c3ccc(N(c4ccccc4)c4ccc(NC(=O)C(C)CC(C)(C)C)cc4)cc3)cc2)c1. The number of nitrogens with one attached hydrogen (secondary N) is 1. The molecule has 1 amide bonds. The molecule has 1 unspecified atom stereocenters. The minimum atomic E-state index is -0.0513. The monoisotopic (exact) mass is 608 g/mol. The van der Waals surface area contributed by atoms with Gasteiger partial charge in [-0.1, -0.05) is 112 Å². The van der Waals surface area contributed by atoms with Crippen LogP contribution in [-0.4, -0.2) is 5.91 Å². The van der Waals surface area contributed by atoms with Crippen LogP contribution in [0.4, 0.5) is 22.7 Å². The molecule has 5 rings (SSSR count). The number of carbonyl (C=O) groups is 1. The van der Waals surface area contributed by atoms with E-state index < -0.39 is 0 Å². The maximum absolute atomic E-state index is 12.8. The van der Waals surface area contributed by atoms with Gasteiger partial charge in [-0.15, -0.1) is 0 Å². The minimum Gasteiger partial charge on any atom is -0.326 e. The van der Waals surface area contributed by atoms with Crippen molar-refractivity contribution in [3.05, 3.63) is 144 Å². The molecule has 5 aromatic carbocycles. The van der Waals surface area contributed by atoms with Crippen molar-refractivity contribution >= 4 is 28.7 Å². The van der Waals surface area contributed by atoms with Gasteiger partial charge in [0.1, 0.15) is 0 Å². The molecule has 0 radical (unpaired) electrons. The number of hydrogen-bond donors (Lipinski definition) is 1. The number of benzene rings is 5. The molecule has 5 aromatic rings. The predicted molar refractivity (Wildman–Crippen MR) is 196 cm³/mol. The lowest BCUT2D eigenvalue weighted by atomic mass is 9.85. The standard InChI is InChI=1S/C43H48N2O/c1-32-12-11-15-35(30-32)14-10-9-13-34-18-20-36(21-19-34)37-22-26-40(27-23-37)45(39-16-7-6-8-17-39)41-28-24-38(25-29-41)44-42(46)33(2)31-43(3,4)5/h6-8,11-12,15-30,33H,9-10,13-14,31H2,1-5H3,(H,44,46). The smallest absolute Gasteiger partial charge is 0.227 e. The Labute approximate surface area is 276 Å². The quantitative estimate of drug-likeness (QED) is 0.143. The summed E-state index contributed by atoms with van der Waals surface area (Å²) in [5.74, 6) is 0.00824. The second-order valence-electron chi connectivity index (χ2n) is 13.8. The van der Waals surface area contributed by atoms with E-state index in [2.05, 4.69) is 147 Å². The summed E-state index contributed by atoms with van der Waals surface area (Å²) in [6, 6.07) is 45.2. The van der Waals surface area contributed by atoms with Crippen LogP contribution >= 0.6 is 0 Å². The number of hydrogen-bond acceptors (Lipinski definition) is 2. The van der Waals surface area contributed by atoms with Crippen LogP contribution in [0.25, 0.3) is 11.1 Å². The fourth-order valence-electron chi connectivity index (χ4n) is 6.19. The second kappa shape index (κ2) is 15.1. The van der Waals surface area contributed by atoms with Crippen molar-refractivity contribution in [3.63, 3.8) is 0 Å². The Balaban J connectivity index is 1.24. The molecule has 236 valence electrons. The summed E-state index contributed by atoms with van der Waals surface area (Å²) in [7, 11) is 0. The molecule has 3 heteroatoms. The van der Waals surface area contributed by atoms with Gasteiger partial charge in [-0.2, -0.15) is 0 Å². The normalized spacial score (nSPS) is 12.0. The van der Waals surface area contributed by atoms with Crippen LogP contribution in [0.2, 0.25) is 0 Å². The average molecular weight is 609 g/mol. The number of anilines is 4. The lowest BCUT2D eigenvalue weighted by Crippen LogP contribution is -2.24. The Bertz CT molecular complexity index is 1680. The van der Waals surface area contributed by atoms with E-state index in [0.717, 1.165) is 42.0 Å². The zero-order chi connectivity index (χ0) is 32.5. The maximum Gasteiger partial charge on any atom is 0.227 e. The summed E-state index contributed by atoms with van der Waals surface area (Å²) in [4.78, 5) is 15.1. The first-order chi connectivity index (χ1) is 22.1. The van der Waals surface area contributed by atoms with E-state index >= 15 is 0 Å². The van der Waals surface area contributed by atoms with Gasteiger partial charge in [0.05, 0.1) is 0 Å². The molecule has 0 heterocycles. The predicted octanol–water partition coefficient (Wildman–Crippen LogP) is 11.7. The molecule has 0 aliphatic rings. The zero-order valence-electron chi connectivity index (χ0n) is 28.1. The lowest BCUT2D eigenvalue weighted by Gasteiger charge is -2.26. The Kier molecular flexibility index (Phi) is 10.8. The second-order valence-corrected chi connectivity index (χ2v) is 13.8. The Morgan fingerprint density at radius 3 is 1.78 bits per heavy atom. The fraction of sp³-hybridized carbons (Fsp3) is 0.279. The number of carbonyl (C=O) groups excluding carboxylic acids is 1. The van der Waals surface area contributed by atoms with Crippen molar-refractivity contribution < 1.29 is 4.79 Å². The third-order valence-corrected chi connectivity index (χ3v) is 8.45. The van der Waals surface area contributed by atoms with E-state index in [0.29, 0.717) is 0 Å². The molecule has 0 saturated heterocycles.